The van der Waals surface area contributed by atoms with E-state index in [4.69, 9.17) is 10.8 Å². The number of nitrogen functional groups attached to an aromatic ring is 1. The van der Waals surface area contributed by atoms with E-state index in [2.05, 4.69) is 25.4 Å². The molecule has 0 aliphatic carbocycles. The largest absolute Gasteiger partial charge is 0.396 e. The van der Waals surface area contributed by atoms with E-state index in [0.717, 1.165) is 6.42 Å². The predicted molar refractivity (Wildman–Crippen MR) is 75.4 cm³/mol. The van der Waals surface area contributed by atoms with Gasteiger partial charge in [0.25, 0.3) is 5.95 Å². The second-order valence-electron chi connectivity index (χ2n) is 4.78. The van der Waals surface area contributed by atoms with E-state index in [0.29, 0.717) is 18.3 Å². The highest BCUT2D eigenvalue weighted by Gasteiger charge is 2.23. The molecular weight excluding hydrogens is 258 g/mol. The van der Waals surface area contributed by atoms with Crippen molar-refractivity contribution >= 4 is 11.9 Å². The van der Waals surface area contributed by atoms with Crippen molar-refractivity contribution in [1.82, 2.24) is 24.7 Å². The second-order valence-corrected chi connectivity index (χ2v) is 4.78. The topological polar surface area (TPSA) is 115 Å². The highest BCUT2D eigenvalue weighted by Crippen LogP contribution is 2.20. The molecule has 0 radical (unpaired) electrons. The molecule has 4 N–H and O–H groups in total. The van der Waals surface area contributed by atoms with Gasteiger partial charge < -0.3 is 16.2 Å². The van der Waals surface area contributed by atoms with Crippen molar-refractivity contribution in [3.8, 4) is 5.95 Å². The summed E-state index contributed by atoms with van der Waals surface area (Å²) in [6, 6.07) is 1.77. The maximum absolute atomic E-state index is 9.14. The minimum Gasteiger partial charge on any atom is -0.396 e. The molecule has 0 aliphatic heterocycles. The molecule has 0 spiro atoms. The Bertz CT molecular complexity index is 557. The summed E-state index contributed by atoms with van der Waals surface area (Å²) in [4.78, 5) is 12.4. The van der Waals surface area contributed by atoms with Crippen LogP contribution >= 0.6 is 0 Å². The standard InChI is InChI=1S/C12H19N7O/c1-3-12(2,5-8-20)18-10-15-9(13)16-11(17-10)19-7-4-6-14-19/h4,6-7,20H,3,5,8H2,1-2H3,(H3,13,15,16,17,18). The summed E-state index contributed by atoms with van der Waals surface area (Å²) in [5.74, 6) is 0.851. The number of aliphatic hydroxyl groups is 1. The molecule has 0 fully saturated rings. The Morgan fingerprint density at radius 2 is 2.20 bits per heavy atom. The SMILES string of the molecule is CCC(C)(CCO)Nc1nc(N)nc(-n2cccn2)n1. The molecule has 0 aromatic carbocycles. The maximum atomic E-state index is 9.14. The van der Waals surface area contributed by atoms with Crippen molar-refractivity contribution in [1.29, 1.82) is 0 Å². The van der Waals surface area contributed by atoms with Gasteiger partial charge >= 0.3 is 0 Å². The molecule has 0 saturated carbocycles. The molecule has 2 aromatic heterocycles. The van der Waals surface area contributed by atoms with Crippen LogP contribution < -0.4 is 11.1 Å². The van der Waals surface area contributed by atoms with Crippen molar-refractivity contribution in [2.45, 2.75) is 32.2 Å². The van der Waals surface area contributed by atoms with Crippen LogP contribution in [-0.2, 0) is 0 Å². The molecular formula is C12H19N7O. The van der Waals surface area contributed by atoms with E-state index < -0.39 is 0 Å². The quantitative estimate of drug-likeness (QED) is 0.708. The van der Waals surface area contributed by atoms with Crippen LogP contribution in [0.5, 0.6) is 0 Å². The summed E-state index contributed by atoms with van der Waals surface area (Å²) in [7, 11) is 0. The Morgan fingerprint density at radius 1 is 1.40 bits per heavy atom. The molecule has 108 valence electrons. The number of hydrogen-bond donors (Lipinski definition) is 3. The number of aromatic nitrogens is 5. The molecule has 0 amide bonds. The molecule has 2 aromatic rings. The van der Waals surface area contributed by atoms with Crippen molar-refractivity contribution in [3.05, 3.63) is 18.5 Å². The number of anilines is 2. The van der Waals surface area contributed by atoms with E-state index in [9.17, 15) is 0 Å². The molecule has 8 heteroatoms. The Morgan fingerprint density at radius 3 is 2.80 bits per heavy atom. The first-order valence-corrected chi connectivity index (χ1v) is 6.47. The highest BCUT2D eigenvalue weighted by molar-refractivity contribution is 5.37. The molecule has 0 bridgehead atoms. The second kappa shape index (κ2) is 5.83. The average molecular weight is 277 g/mol. The van der Waals surface area contributed by atoms with E-state index in [-0.39, 0.29) is 18.1 Å². The van der Waals surface area contributed by atoms with Gasteiger partial charge in [0.05, 0.1) is 0 Å². The molecule has 8 nitrogen and oxygen atoms in total. The first-order valence-electron chi connectivity index (χ1n) is 6.47. The van der Waals surface area contributed by atoms with E-state index in [1.165, 1.54) is 4.68 Å². The summed E-state index contributed by atoms with van der Waals surface area (Å²) in [6.45, 7) is 4.11. The Hall–Kier alpha value is -2.22. The lowest BCUT2D eigenvalue weighted by atomic mass is 9.95. The van der Waals surface area contributed by atoms with Crippen LogP contribution in [0, 0.1) is 0 Å². The van der Waals surface area contributed by atoms with Crippen molar-refractivity contribution in [3.63, 3.8) is 0 Å². The van der Waals surface area contributed by atoms with E-state index in [1.54, 1.807) is 18.5 Å². The van der Waals surface area contributed by atoms with Gasteiger partial charge in [0, 0.05) is 24.5 Å². The number of aliphatic hydroxyl groups excluding tert-OH is 1. The minimum absolute atomic E-state index is 0.0872. The van der Waals surface area contributed by atoms with E-state index in [1.807, 2.05) is 13.8 Å². The van der Waals surface area contributed by atoms with Gasteiger partial charge in [-0.2, -0.15) is 20.1 Å². The van der Waals surface area contributed by atoms with Gasteiger partial charge in [-0.3, -0.25) is 0 Å². The fourth-order valence-electron chi connectivity index (χ4n) is 1.77. The van der Waals surface area contributed by atoms with Gasteiger partial charge in [0.1, 0.15) is 0 Å². The minimum atomic E-state index is -0.302. The third-order valence-corrected chi connectivity index (χ3v) is 3.21. The van der Waals surface area contributed by atoms with Gasteiger partial charge in [-0.05, 0) is 25.8 Å². The summed E-state index contributed by atoms with van der Waals surface area (Å²) >= 11 is 0. The third kappa shape index (κ3) is 3.21. The lowest BCUT2D eigenvalue weighted by molar-refractivity contribution is 0.251. The van der Waals surface area contributed by atoms with Crippen molar-refractivity contribution in [2.24, 2.45) is 0 Å². The van der Waals surface area contributed by atoms with Crippen LogP contribution in [0.3, 0.4) is 0 Å². The summed E-state index contributed by atoms with van der Waals surface area (Å²) in [5, 5.41) is 16.4. The number of hydrogen-bond acceptors (Lipinski definition) is 7. The Balaban J connectivity index is 2.28. The highest BCUT2D eigenvalue weighted by atomic mass is 16.3. The molecule has 1 atom stereocenters. The summed E-state index contributed by atoms with van der Waals surface area (Å²) in [5.41, 5.74) is 5.41. The van der Waals surface area contributed by atoms with Crippen LogP contribution in [0.25, 0.3) is 5.95 Å². The predicted octanol–water partition coefficient (Wildman–Crippen LogP) is 0.602. The smallest absolute Gasteiger partial charge is 0.257 e. The average Bonchev–Trinajstić information content (AvgIpc) is 2.92. The zero-order chi connectivity index (χ0) is 14.6. The maximum Gasteiger partial charge on any atom is 0.257 e. The lowest BCUT2D eigenvalue weighted by Crippen LogP contribution is -2.36. The number of nitrogens with one attached hydrogen (secondary N) is 1. The summed E-state index contributed by atoms with van der Waals surface area (Å²) < 4.78 is 1.51. The fourth-order valence-corrected chi connectivity index (χ4v) is 1.77. The van der Waals surface area contributed by atoms with Crippen LogP contribution in [0.2, 0.25) is 0 Å². The van der Waals surface area contributed by atoms with Gasteiger partial charge in [0.2, 0.25) is 11.9 Å². The zero-order valence-corrected chi connectivity index (χ0v) is 11.6. The third-order valence-electron chi connectivity index (χ3n) is 3.21. The number of nitrogens with two attached hydrogens (primary N) is 1. The van der Waals surface area contributed by atoms with Crippen molar-refractivity contribution in [2.75, 3.05) is 17.7 Å². The Kier molecular flexibility index (Phi) is 4.14. The van der Waals surface area contributed by atoms with Crippen LogP contribution in [0.15, 0.2) is 18.5 Å². The zero-order valence-electron chi connectivity index (χ0n) is 11.6. The molecule has 2 heterocycles. The van der Waals surface area contributed by atoms with Crippen LogP contribution in [-0.4, -0.2) is 42.0 Å². The first kappa shape index (κ1) is 14.2. The van der Waals surface area contributed by atoms with Crippen LogP contribution in [0.1, 0.15) is 26.7 Å². The van der Waals surface area contributed by atoms with Crippen molar-refractivity contribution < 1.29 is 5.11 Å². The first-order chi connectivity index (χ1) is 9.56. The van der Waals surface area contributed by atoms with Gasteiger partial charge in [-0.15, -0.1) is 0 Å². The normalized spacial score (nSPS) is 13.9. The summed E-state index contributed by atoms with van der Waals surface area (Å²) in [6.07, 6.45) is 4.77. The van der Waals surface area contributed by atoms with Gasteiger partial charge in [0.15, 0.2) is 0 Å². The molecule has 0 aliphatic rings. The molecule has 20 heavy (non-hydrogen) atoms. The van der Waals surface area contributed by atoms with Gasteiger partial charge in [-0.1, -0.05) is 6.92 Å². The number of nitrogens with zero attached hydrogens (tertiary/aromatic N) is 5. The number of rotatable bonds is 6. The molecule has 0 saturated heterocycles. The Labute approximate surface area is 117 Å². The fraction of sp³-hybridized carbons (Fsp3) is 0.500. The molecule has 1 unspecified atom stereocenters. The molecule has 2 rings (SSSR count). The lowest BCUT2D eigenvalue weighted by Gasteiger charge is -2.28. The van der Waals surface area contributed by atoms with Gasteiger partial charge in [-0.25, -0.2) is 4.68 Å². The van der Waals surface area contributed by atoms with Crippen LogP contribution in [0.4, 0.5) is 11.9 Å². The monoisotopic (exact) mass is 277 g/mol. The van der Waals surface area contributed by atoms with E-state index >= 15 is 0 Å².